The van der Waals surface area contributed by atoms with Crippen molar-refractivity contribution in [1.82, 2.24) is 0 Å². The predicted octanol–water partition coefficient (Wildman–Crippen LogP) is 3.30. The highest BCUT2D eigenvalue weighted by Gasteiger charge is 2.73. The lowest BCUT2D eigenvalue weighted by Gasteiger charge is -2.72. The highest BCUT2D eigenvalue weighted by Crippen LogP contribution is 2.76. The average Bonchev–Trinajstić information content (AvgIpc) is 3.33. The molecule has 0 bridgehead atoms. The largest absolute Gasteiger partial charge is 0.394 e. The highest BCUT2D eigenvalue weighted by molar-refractivity contribution is 5.22. The van der Waals surface area contributed by atoms with Crippen LogP contribution in [0.1, 0.15) is 107 Å². The lowest BCUT2D eigenvalue weighted by molar-refractivity contribution is -0.346. The van der Waals surface area contributed by atoms with E-state index in [2.05, 4.69) is 54.5 Å². The number of ether oxygens (including phenoxy) is 2. The number of aliphatic hydroxyl groups is 7. The summed E-state index contributed by atoms with van der Waals surface area (Å²) in [7, 11) is 0. The summed E-state index contributed by atoms with van der Waals surface area (Å²) >= 11 is 0. The Hall–Kier alpha value is -0.620. The van der Waals surface area contributed by atoms with Gasteiger partial charge in [-0.05, 0) is 117 Å². The Labute approximate surface area is 270 Å². The molecule has 4 aliphatic carbocycles. The Morgan fingerprint density at radius 1 is 0.933 bits per heavy atom. The Bertz CT molecular complexity index is 1100. The van der Waals surface area contributed by atoms with Crippen molar-refractivity contribution in [1.29, 1.82) is 0 Å². The van der Waals surface area contributed by atoms with Gasteiger partial charge in [-0.15, -0.1) is 0 Å². The first-order valence-corrected chi connectivity index (χ1v) is 17.4. The van der Waals surface area contributed by atoms with Crippen LogP contribution >= 0.6 is 0 Å². The minimum absolute atomic E-state index is 0.0548. The van der Waals surface area contributed by atoms with Crippen molar-refractivity contribution in [2.45, 2.75) is 161 Å². The molecule has 5 aliphatic rings. The van der Waals surface area contributed by atoms with Crippen molar-refractivity contribution >= 4 is 0 Å². The van der Waals surface area contributed by atoms with Crippen LogP contribution in [0.25, 0.3) is 0 Å². The Morgan fingerprint density at radius 3 is 2.22 bits per heavy atom. The SMILES string of the molecule is CC(C)=CCC[C@](C)(O)C1CC[C@]2(C)C1C(O)CC1[C@@]3(C)CCC(O)C(C)(C)C3C(OC3OC(CO)C(O)C(O)C3O)C[C@]12C. The molecule has 260 valence electrons. The van der Waals surface area contributed by atoms with Crippen molar-refractivity contribution in [3.63, 3.8) is 0 Å². The van der Waals surface area contributed by atoms with Crippen LogP contribution in [0.5, 0.6) is 0 Å². The fourth-order valence-corrected chi connectivity index (χ4v) is 11.9. The van der Waals surface area contributed by atoms with Gasteiger partial charge in [-0.2, -0.15) is 0 Å². The lowest BCUT2D eigenvalue weighted by atomic mass is 9.34. The fraction of sp³-hybridized carbons (Fsp3) is 0.944. The molecule has 1 saturated heterocycles. The van der Waals surface area contributed by atoms with Gasteiger partial charge in [0.25, 0.3) is 0 Å². The Kier molecular flexibility index (Phi) is 9.56. The second kappa shape index (κ2) is 12.1. The van der Waals surface area contributed by atoms with E-state index in [0.29, 0.717) is 25.7 Å². The van der Waals surface area contributed by atoms with Crippen molar-refractivity contribution in [2.24, 2.45) is 45.3 Å². The van der Waals surface area contributed by atoms with E-state index in [1.807, 2.05) is 6.92 Å². The van der Waals surface area contributed by atoms with Crippen molar-refractivity contribution in [3.8, 4) is 0 Å². The summed E-state index contributed by atoms with van der Waals surface area (Å²) in [6.07, 6.45) is -0.603. The van der Waals surface area contributed by atoms with Crippen molar-refractivity contribution in [3.05, 3.63) is 11.6 Å². The third kappa shape index (κ3) is 5.48. The van der Waals surface area contributed by atoms with Crippen LogP contribution in [-0.4, -0.2) is 97.0 Å². The quantitative estimate of drug-likeness (QED) is 0.164. The van der Waals surface area contributed by atoms with Gasteiger partial charge in [0.05, 0.1) is 30.5 Å². The van der Waals surface area contributed by atoms with E-state index in [0.717, 1.165) is 25.7 Å². The molecule has 0 spiro atoms. The minimum Gasteiger partial charge on any atom is -0.394 e. The van der Waals surface area contributed by atoms with E-state index in [9.17, 15) is 35.7 Å². The molecule has 4 saturated carbocycles. The standard InChI is InChI=1S/C36H62O9/c1-19(2)10-9-13-36(8,43)20-11-15-34(6)26(20)21(38)16-24-33(5)14-12-25(39)32(3,4)30(33)22(17-35(24,34)7)44-31-29(42)28(41)27(40)23(18-37)45-31/h10,20-31,37-43H,9,11-18H2,1-8H3/t20?,21?,22?,23?,24?,25?,26?,27?,28?,29?,30?,31?,33-,34-,35-,36+/m1/s1. The maximum atomic E-state index is 12.1. The zero-order valence-corrected chi connectivity index (χ0v) is 28.8. The molecular formula is C36H62O9. The summed E-state index contributed by atoms with van der Waals surface area (Å²) in [5.74, 6) is -0.186. The van der Waals surface area contributed by atoms with Crippen molar-refractivity contribution in [2.75, 3.05) is 6.61 Å². The molecule has 0 aromatic carbocycles. The van der Waals surface area contributed by atoms with E-state index in [4.69, 9.17) is 9.47 Å². The van der Waals surface area contributed by atoms with Gasteiger partial charge in [0.2, 0.25) is 0 Å². The topological polar surface area (TPSA) is 160 Å². The van der Waals surface area contributed by atoms with Gasteiger partial charge in [-0.1, -0.05) is 46.3 Å². The molecule has 9 nitrogen and oxygen atoms in total. The normalized spacial score (nSPS) is 52.2. The van der Waals surface area contributed by atoms with Crippen LogP contribution in [0.2, 0.25) is 0 Å². The summed E-state index contributed by atoms with van der Waals surface area (Å²) in [5, 5.41) is 77.2. The number of aliphatic hydroxyl groups excluding tert-OH is 6. The predicted molar refractivity (Wildman–Crippen MR) is 170 cm³/mol. The fourth-order valence-electron chi connectivity index (χ4n) is 11.9. The van der Waals surface area contributed by atoms with Crippen LogP contribution in [0.4, 0.5) is 0 Å². The lowest BCUT2D eigenvalue weighted by Crippen LogP contribution is -2.71. The molecule has 45 heavy (non-hydrogen) atoms. The summed E-state index contributed by atoms with van der Waals surface area (Å²) in [6, 6.07) is 0. The number of fused-ring (bicyclic) bond motifs is 5. The number of hydrogen-bond donors (Lipinski definition) is 7. The zero-order valence-electron chi connectivity index (χ0n) is 28.8. The summed E-state index contributed by atoms with van der Waals surface area (Å²) < 4.78 is 12.6. The zero-order chi connectivity index (χ0) is 33.5. The van der Waals surface area contributed by atoms with Gasteiger partial charge in [0.1, 0.15) is 24.4 Å². The van der Waals surface area contributed by atoms with E-state index in [1.165, 1.54) is 5.57 Å². The third-order valence-electron chi connectivity index (χ3n) is 14.4. The molecule has 5 rings (SSSR count). The number of allylic oxidation sites excluding steroid dienone is 2. The average molecular weight is 639 g/mol. The molecule has 9 heteroatoms. The van der Waals surface area contributed by atoms with Crippen LogP contribution in [-0.2, 0) is 9.47 Å². The first kappa shape index (κ1) is 35.7. The molecule has 16 atom stereocenters. The second-order valence-corrected chi connectivity index (χ2v) is 17.5. The monoisotopic (exact) mass is 638 g/mol. The van der Waals surface area contributed by atoms with Gasteiger partial charge in [0, 0.05) is 0 Å². The first-order chi connectivity index (χ1) is 20.8. The maximum absolute atomic E-state index is 12.1. The van der Waals surface area contributed by atoms with Crippen LogP contribution in [0.15, 0.2) is 11.6 Å². The van der Waals surface area contributed by atoms with Crippen molar-refractivity contribution < 1.29 is 45.2 Å². The molecule has 0 radical (unpaired) electrons. The highest BCUT2D eigenvalue weighted by atomic mass is 16.7. The van der Waals surface area contributed by atoms with Crippen LogP contribution < -0.4 is 0 Å². The van der Waals surface area contributed by atoms with E-state index in [-0.39, 0.29) is 39.9 Å². The maximum Gasteiger partial charge on any atom is 0.186 e. The van der Waals surface area contributed by atoms with Gasteiger partial charge >= 0.3 is 0 Å². The van der Waals surface area contributed by atoms with Crippen LogP contribution in [0.3, 0.4) is 0 Å². The molecule has 1 aliphatic heterocycles. The molecule has 0 amide bonds. The smallest absolute Gasteiger partial charge is 0.186 e. The molecule has 1 heterocycles. The second-order valence-electron chi connectivity index (χ2n) is 17.5. The molecule has 5 fully saturated rings. The molecule has 0 aromatic rings. The van der Waals surface area contributed by atoms with Gasteiger partial charge < -0.3 is 45.2 Å². The molecule has 0 aromatic heterocycles. The van der Waals surface area contributed by atoms with Gasteiger partial charge in [-0.25, -0.2) is 0 Å². The first-order valence-electron chi connectivity index (χ1n) is 17.4. The number of hydrogen-bond acceptors (Lipinski definition) is 9. The van der Waals surface area contributed by atoms with E-state index in [1.54, 1.807) is 0 Å². The molecular weight excluding hydrogens is 576 g/mol. The van der Waals surface area contributed by atoms with E-state index < -0.39 is 66.6 Å². The van der Waals surface area contributed by atoms with Gasteiger partial charge in [-0.3, -0.25) is 0 Å². The Morgan fingerprint density at radius 2 is 1.60 bits per heavy atom. The summed E-state index contributed by atoms with van der Waals surface area (Å²) in [4.78, 5) is 0. The molecule has 12 unspecified atom stereocenters. The van der Waals surface area contributed by atoms with Gasteiger partial charge in [0.15, 0.2) is 6.29 Å². The molecule has 7 N–H and O–H groups in total. The summed E-state index contributed by atoms with van der Waals surface area (Å²) in [6.45, 7) is 16.6. The van der Waals surface area contributed by atoms with Crippen LogP contribution in [0, 0.1) is 45.3 Å². The third-order valence-corrected chi connectivity index (χ3v) is 14.4. The Balaban J connectivity index is 1.54. The minimum atomic E-state index is -1.54. The number of rotatable bonds is 7. The summed E-state index contributed by atoms with van der Waals surface area (Å²) in [5.41, 5.74) is -1.21. The van der Waals surface area contributed by atoms with E-state index >= 15 is 0 Å².